The first-order valence-electron chi connectivity index (χ1n) is 7.15. The van der Waals surface area contributed by atoms with E-state index < -0.39 is 0 Å². The first kappa shape index (κ1) is 17.1. The summed E-state index contributed by atoms with van der Waals surface area (Å²) in [6.45, 7) is 0.503. The van der Waals surface area contributed by atoms with Gasteiger partial charge < -0.3 is 9.30 Å². The van der Waals surface area contributed by atoms with E-state index in [1.165, 1.54) is 0 Å². The molecular formula is C16H14Cl2N4OS. The van der Waals surface area contributed by atoms with E-state index in [1.54, 1.807) is 42.4 Å². The molecule has 0 saturated heterocycles. The third kappa shape index (κ3) is 4.01. The first-order valence-corrected chi connectivity index (χ1v) is 8.90. The summed E-state index contributed by atoms with van der Waals surface area (Å²) in [7, 11) is 1.94. The zero-order valence-corrected chi connectivity index (χ0v) is 15.1. The summed E-state index contributed by atoms with van der Waals surface area (Å²) >= 11 is 13.5. The number of ether oxygens (including phenoxy) is 1. The zero-order valence-electron chi connectivity index (χ0n) is 12.8. The summed E-state index contributed by atoms with van der Waals surface area (Å²) in [5, 5.41) is 10.4. The van der Waals surface area contributed by atoms with Crippen LogP contribution in [0.5, 0.6) is 5.75 Å². The van der Waals surface area contributed by atoms with Gasteiger partial charge in [-0.3, -0.25) is 4.98 Å². The molecule has 2 aromatic heterocycles. The summed E-state index contributed by atoms with van der Waals surface area (Å²) in [4.78, 5) is 4.01. The maximum Gasteiger partial charge on any atom is 0.191 e. The van der Waals surface area contributed by atoms with Crippen molar-refractivity contribution < 1.29 is 4.74 Å². The van der Waals surface area contributed by atoms with E-state index in [0.29, 0.717) is 22.4 Å². The lowest BCUT2D eigenvalue weighted by atomic mass is 10.2. The molecule has 2 heterocycles. The Hall–Kier alpha value is -1.76. The van der Waals surface area contributed by atoms with Crippen molar-refractivity contribution in [2.75, 3.05) is 12.4 Å². The van der Waals surface area contributed by atoms with E-state index in [2.05, 4.69) is 15.2 Å². The molecule has 0 fully saturated rings. The minimum Gasteiger partial charge on any atom is -0.491 e. The standard InChI is InChI=1S/C16H14Cl2N4OS/c1-22-15(11-4-6-19-7-5-11)20-21-16(22)24-9-8-23-14-3-2-12(17)10-13(14)18/h2-7,10H,8-9H2,1H3. The topological polar surface area (TPSA) is 52.8 Å². The van der Waals surface area contributed by atoms with Crippen LogP contribution >= 0.6 is 35.0 Å². The number of hydrogen-bond donors (Lipinski definition) is 0. The monoisotopic (exact) mass is 380 g/mol. The van der Waals surface area contributed by atoms with Gasteiger partial charge >= 0.3 is 0 Å². The summed E-state index contributed by atoms with van der Waals surface area (Å²) in [6.07, 6.45) is 3.47. The molecule has 0 spiro atoms. The van der Waals surface area contributed by atoms with Crippen LogP contribution in [0.2, 0.25) is 10.0 Å². The van der Waals surface area contributed by atoms with Crippen LogP contribution in [0.15, 0.2) is 47.9 Å². The number of pyridine rings is 1. The molecule has 0 atom stereocenters. The molecule has 0 aliphatic carbocycles. The molecule has 0 aliphatic heterocycles. The predicted octanol–water partition coefficient (Wildman–Crippen LogP) is 4.36. The number of aromatic nitrogens is 4. The Bertz CT molecular complexity index is 826. The minimum atomic E-state index is 0.503. The normalized spacial score (nSPS) is 10.8. The van der Waals surface area contributed by atoms with Gasteiger partial charge in [-0.1, -0.05) is 35.0 Å². The smallest absolute Gasteiger partial charge is 0.191 e. The molecule has 3 aromatic rings. The minimum absolute atomic E-state index is 0.503. The van der Waals surface area contributed by atoms with Crippen LogP contribution in [-0.4, -0.2) is 32.1 Å². The average molecular weight is 381 g/mol. The van der Waals surface area contributed by atoms with Crippen LogP contribution in [0.25, 0.3) is 11.4 Å². The lowest BCUT2D eigenvalue weighted by molar-refractivity contribution is 0.344. The van der Waals surface area contributed by atoms with Crippen molar-refractivity contribution in [2.45, 2.75) is 5.16 Å². The van der Waals surface area contributed by atoms with Gasteiger partial charge in [-0.05, 0) is 30.3 Å². The maximum absolute atomic E-state index is 6.07. The highest BCUT2D eigenvalue weighted by atomic mass is 35.5. The molecule has 0 aliphatic rings. The Kier molecular flexibility index (Phi) is 5.60. The maximum atomic E-state index is 6.07. The number of rotatable bonds is 6. The fourth-order valence-electron chi connectivity index (χ4n) is 2.07. The highest BCUT2D eigenvalue weighted by Gasteiger charge is 2.11. The van der Waals surface area contributed by atoms with Gasteiger partial charge in [-0.15, -0.1) is 10.2 Å². The molecule has 3 rings (SSSR count). The van der Waals surface area contributed by atoms with Crippen LogP contribution in [0.4, 0.5) is 0 Å². The van der Waals surface area contributed by atoms with E-state index in [-0.39, 0.29) is 0 Å². The van der Waals surface area contributed by atoms with Crippen LogP contribution in [0.3, 0.4) is 0 Å². The fraction of sp³-hybridized carbons (Fsp3) is 0.188. The van der Waals surface area contributed by atoms with Crippen LogP contribution in [0.1, 0.15) is 0 Å². The van der Waals surface area contributed by atoms with E-state index >= 15 is 0 Å². The molecule has 24 heavy (non-hydrogen) atoms. The Morgan fingerprint density at radius 3 is 2.67 bits per heavy atom. The molecule has 1 aromatic carbocycles. The Morgan fingerprint density at radius 1 is 1.12 bits per heavy atom. The second kappa shape index (κ2) is 7.88. The van der Waals surface area contributed by atoms with Gasteiger partial charge in [-0.25, -0.2) is 0 Å². The van der Waals surface area contributed by atoms with Gasteiger partial charge in [0.05, 0.1) is 11.6 Å². The Labute approximate surface area is 154 Å². The third-order valence-electron chi connectivity index (χ3n) is 3.24. The number of hydrogen-bond acceptors (Lipinski definition) is 5. The first-order chi connectivity index (χ1) is 11.6. The Balaban J connectivity index is 1.57. The third-order valence-corrected chi connectivity index (χ3v) is 4.75. The van der Waals surface area contributed by atoms with Crippen molar-refractivity contribution in [3.8, 4) is 17.1 Å². The van der Waals surface area contributed by atoms with Crippen molar-refractivity contribution >= 4 is 35.0 Å². The van der Waals surface area contributed by atoms with Gasteiger partial charge in [0.25, 0.3) is 0 Å². The van der Waals surface area contributed by atoms with Crippen molar-refractivity contribution in [1.82, 2.24) is 19.7 Å². The Morgan fingerprint density at radius 2 is 1.92 bits per heavy atom. The van der Waals surface area contributed by atoms with Gasteiger partial charge in [0, 0.05) is 35.8 Å². The highest BCUT2D eigenvalue weighted by molar-refractivity contribution is 7.99. The van der Waals surface area contributed by atoms with Crippen LogP contribution in [-0.2, 0) is 7.05 Å². The van der Waals surface area contributed by atoms with Crippen molar-refractivity contribution in [2.24, 2.45) is 7.05 Å². The largest absolute Gasteiger partial charge is 0.491 e. The molecule has 0 saturated carbocycles. The molecule has 0 amide bonds. The fourth-order valence-corrected chi connectivity index (χ4v) is 3.26. The van der Waals surface area contributed by atoms with Gasteiger partial charge in [0.1, 0.15) is 5.75 Å². The van der Waals surface area contributed by atoms with Gasteiger partial charge in [-0.2, -0.15) is 0 Å². The molecule has 8 heteroatoms. The lowest BCUT2D eigenvalue weighted by Crippen LogP contribution is -2.02. The van der Waals surface area contributed by atoms with Crippen LogP contribution < -0.4 is 4.74 Å². The molecule has 0 unspecified atom stereocenters. The number of benzene rings is 1. The summed E-state index contributed by atoms with van der Waals surface area (Å²) in [5.41, 5.74) is 0.982. The van der Waals surface area contributed by atoms with Gasteiger partial charge in [0.15, 0.2) is 11.0 Å². The predicted molar refractivity (Wildman–Crippen MR) is 96.9 cm³/mol. The van der Waals surface area contributed by atoms with Crippen molar-refractivity contribution in [3.05, 3.63) is 52.8 Å². The summed E-state index contributed by atoms with van der Waals surface area (Å²) in [5.74, 6) is 2.15. The van der Waals surface area contributed by atoms with Crippen molar-refractivity contribution in [1.29, 1.82) is 0 Å². The van der Waals surface area contributed by atoms with Crippen LogP contribution in [0, 0.1) is 0 Å². The van der Waals surface area contributed by atoms with E-state index in [4.69, 9.17) is 27.9 Å². The number of thioether (sulfide) groups is 1. The molecule has 0 radical (unpaired) electrons. The van der Waals surface area contributed by atoms with Crippen molar-refractivity contribution in [3.63, 3.8) is 0 Å². The summed E-state index contributed by atoms with van der Waals surface area (Å²) < 4.78 is 7.62. The number of nitrogens with zero attached hydrogens (tertiary/aromatic N) is 4. The average Bonchev–Trinajstić information content (AvgIpc) is 2.95. The molecular weight excluding hydrogens is 367 g/mol. The molecule has 0 N–H and O–H groups in total. The second-order valence-electron chi connectivity index (χ2n) is 4.87. The number of halogens is 2. The van der Waals surface area contributed by atoms with E-state index in [1.807, 2.05) is 23.7 Å². The zero-order chi connectivity index (χ0) is 16.9. The summed E-state index contributed by atoms with van der Waals surface area (Å²) in [6, 6.07) is 8.99. The van der Waals surface area contributed by atoms with E-state index in [9.17, 15) is 0 Å². The van der Waals surface area contributed by atoms with Gasteiger partial charge in [0.2, 0.25) is 0 Å². The van der Waals surface area contributed by atoms with E-state index in [0.717, 1.165) is 22.3 Å². The molecule has 5 nitrogen and oxygen atoms in total. The second-order valence-corrected chi connectivity index (χ2v) is 6.78. The SMILES string of the molecule is Cn1c(SCCOc2ccc(Cl)cc2Cl)nnc1-c1ccncc1. The lowest BCUT2D eigenvalue weighted by Gasteiger charge is -2.08. The molecule has 124 valence electrons. The molecule has 0 bridgehead atoms. The highest BCUT2D eigenvalue weighted by Crippen LogP contribution is 2.28. The quantitative estimate of drug-likeness (QED) is 0.469.